The van der Waals surface area contributed by atoms with Crippen molar-refractivity contribution in [1.82, 2.24) is 5.32 Å². The Morgan fingerprint density at radius 3 is 2.82 bits per heavy atom. The zero-order valence-electron chi connectivity index (χ0n) is 14.0. The van der Waals surface area contributed by atoms with Gasteiger partial charge in [0.1, 0.15) is 5.60 Å². The molecule has 22 heavy (non-hydrogen) atoms. The zero-order valence-corrected chi connectivity index (χ0v) is 14.0. The highest BCUT2D eigenvalue weighted by atomic mass is 16.6. The van der Waals surface area contributed by atoms with Gasteiger partial charge in [-0.15, -0.1) is 0 Å². The topological polar surface area (TPSA) is 38.3 Å². The maximum Gasteiger partial charge on any atom is 0.408 e. The molecule has 1 aromatic rings. The van der Waals surface area contributed by atoms with E-state index in [1.54, 1.807) is 0 Å². The maximum absolute atomic E-state index is 12.1. The molecule has 0 radical (unpaired) electrons. The van der Waals surface area contributed by atoms with Crippen molar-refractivity contribution in [3.05, 3.63) is 40.5 Å². The Balaban J connectivity index is 1.79. The first kappa shape index (κ1) is 15.1. The number of carbonyl (C=O) groups is 1. The molecule has 1 N–H and O–H groups in total. The summed E-state index contributed by atoms with van der Waals surface area (Å²) in [5, 5.41) is 3.08. The number of hydrogen-bond acceptors (Lipinski definition) is 2. The monoisotopic (exact) mass is 299 g/mol. The minimum Gasteiger partial charge on any atom is -0.444 e. The van der Waals surface area contributed by atoms with Crippen molar-refractivity contribution >= 4 is 11.7 Å². The summed E-state index contributed by atoms with van der Waals surface area (Å²) >= 11 is 0. The summed E-state index contributed by atoms with van der Waals surface area (Å²) in [6.07, 6.45) is 3.90. The van der Waals surface area contributed by atoms with E-state index in [-0.39, 0.29) is 12.1 Å². The van der Waals surface area contributed by atoms with Gasteiger partial charge in [0.25, 0.3) is 0 Å². The van der Waals surface area contributed by atoms with E-state index in [0.717, 1.165) is 25.7 Å². The molecule has 0 aliphatic heterocycles. The first-order valence-corrected chi connectivity index (χ1v) is 8.15. The van der Waals surface area contributed by atoms with E-state index >= 15 is 0 Å². The summed E-state index contributed by atoms with van der Waals surface area (Å²) in [6.45, 7) is 7.82. The third-order valence-electron chi connectivity index (χ3n) is 4.39. The summed E-state index contributed by atoms with van der Waals surface area (Å²) < 4.78 is 5.41. The lowest BCUT2D eigenvalue weighted by atomic mass is 9.88. The zero-order chi connectivity index (χ0) is 15.9. The van der Waals surface area contributed by atoms with Crippen LogP contribution in [0.4, 0.5) is 4.79 Å². The Bertz CT molecular complexity index is 637. The lowest BCUT2D eigenvalue weighted by molar-refractivity contribution is 0.0508. The molecule has 2 aliphatic rings. The van der Waals surface area contributed by atoms with Crippen LogP contribution in [0.1, 0.15) is 56.7 Å². The lowest BCUT2D eigenvalue weighted by Crippen LogP contribution is -2.41. The van der Waals surface area contributed by atoms with Crippen LogP contribution in [0.2, 0.25) is 0 Å². The van der Waals surface area contributed by atoms with Crippen LogP contribution in [-0.2, 0) is 11.2 Å². The number of aryl methyl sites for hydroxylation is 1. The summed E-state index contributed by atoms with van der Waals surface area (Å²) in [5.41, 5.74) is 6.47. The molecular weight excluding hydrogens is 274 g/mol. The fourth-order valence-corrected chi connectivity index (χ4v) is 3.54. The van der Waals surface area contributed by atoms with Crippen molar-refractivity contribution in [1.29, 1.82) is 0 Å². The molecule has 0 heterocycles. The second-order valence-corrected chi connectivity index (χ2v) is 7.43. The van der Waals surface area contributed by atoms with E-state index in [1.807, 2.05) is 20.8 Å². The largest absolute Gasteiger partial charge is 0.444 e. The lowest BCUT2D eigenvalue weighted by Gasteiger charge is -2.28. The highest BCUT2D eigenvalue weighted by molar-refractivity contribution is 5.79. The third kappa shape index (κ3) is 3.03. The molecule has 3 nitrogen and oxygen atoms in total. The molecule has 3 rings (SSSR count). The minimum atomic E-state index is -0.453. The second kappa shape index (κ2) is 5.45. The number of ether oxygens (including phenoxy) is 1. The molecule has 0 spiro atoms. The van der Waals surface area contributed by atoms with Crippen molar-refractivity contribution in [2.45, 2.75) is 65.0 Å². The molecule has 1 atom stereocenters. The van der Waals surface area contributed by atoms with Crippen molar-refractivity contribution in [3.8, 4) is 0 Å². The van der Waals surface area contributed by atoms with Crippen LogP contribution in [0.3, 0.4) is 0 Å². The molecular formula is C19H25NO2. The van der Waals surface area contributed by atoms with Gasteiger partial charge in [-0.1, -0.05) is 23.8 Å². The van der Waals surface area contributed by atoms with Crippen molar-refractivity contribution < 1.29 is 9.53 Å². The average Bonchev–Trinajstić information content (AvgIpc) is 2.75. The van der Waals surface area contributed by atoms with Gasteiger partial charge in [-0.2, -0.15) is 0 Å². The van der Waals surface area contributed by atoms with Crippen LogP contribution in [0.25, 0.3) is 5.57 Å². The van der Waals surface area contributed by atoms with Crippen LogP contribution >= 0.6 is 0 Å². The fraction of sp³-hybridized carbons (Fsp3) is 0.526. The van der Waals surface area contributed by atoms with Gasteiger partial charge in [-0.3, -0.25) is 0 Å². The van der Waals surface area contributed by atoms with Gasteiger partial charge in [0.05, 0.1) is 6.04 Å². The molecule has 0 fully saturated rings. The van der Waals surface area contributed by atoms with Gasteiger partial charge in [-0.05, 0) is 75.7 Å². The quantitative estimate of drug-likeness (QED) is 0.835. The third-order valence-corrected chi connectivity index (χ3v) is 4.39. The Labute approximate surface area is 132 Å². The van der Waals surface area contributed by atoms with E-state index in [1.165, 1.54) is 27.8 Å². The Kier molecular flexibility index (Phi) is 3.75. The van der Waals surface area contributed by atoms with Crippen LogP contribution < -0.4 is 5.32 Å². The van der Waals surface area contributed by atoms with Crippen LogP contribution in [0, 0.1) is 6.92 Å². The molecule has 0 saturated carbocycles. The van der Waals surface area contributed by atoms with Gasteiger partial charge in [0, 0.05) is 0 Å². The van der Waals surface area contributed by atoms with E-state index in [0.29, 0.717) is 0 Å². The Morgan fingerprint density at radius 1 is 1.32 bits per heavy atom. The Hall–Kier alpha value is -1.77. The molecule has 1 amide bonds. The van der Waals surface area contributed by atoms with E-state index in [2.05, 4.69) is 30.4 Å². The molecule has 3 heteroatoms. The molecule has 0 aromatic heterocycles. The molecule has 0 bridgehead atoms. The minimum absolute atomic E-state index is 0.117. The molecule has 118 valence electrons. The SMILES string of the molecule is Cc1ccc2c(c1)CC1=C2CCCC1NC(=O)OC(C)(C)C. The molecule has 2 aliphatic carbocycles. The number of benzene rings is 1. The van der Waals surface area contributed by atoms with Crippen molar-refractivity contribution in [3.63, 3.8) is 0 Å². The number of allylic oxidation sites excluding steroid dienone is 1. The summed E-state index contributed by atoms with van der Waals surface area (Å²) in [5.74, 6) is 0. The van der Waals surface area contributed by atoms with Crippen molar-refractivity contribution in [2.24, 2.45) is 0 Å². The van der Waals surface area contributed by atoms with E-state index in [9.17, 15) is 4.79 Å². The number of carbonyl (C=O) groups excluding carboxylic acids is 1. The number of nitrogens with one attached hydrogen (secondary N) is 1. The molecule has 1 unspecified atom stereocenters. The maximum atomic E-state index is 12.1. The molecule has 1 aromatic carbocycles. The van der Waals surface area contributed by atoms with E-state index < -0.39 is 5.60 Å². The number of alkyl carbamates (subject to hydrolysis) is 1. The number of rotatable bonds is 1. The number of amides is 1. The van der Waals surface area contributed by atoms with Crippen LogP contribution in [0.15, 0.2) is 23.8 Å². The average molecular weight is 299 g/mol. The fourth-order valence-electron chi connectivity index (χ4n) is 3.54. The summed E-state index contributed by atoms with van der Waals surface area (Å²) in [7, 11) is 0. The predicted molar refractivity (Wildman–Crippen MR) is 88.8 cm³/mol. The normalized spacial score (nSPS) is 20.5. The molecule has 0 saturated heterocycles. The summed E-state index contributed by atoms with van der Waals surface area (Å²) in [6, 6.07) is 6.81. The summed E-state index contributed by atoms with van der Waals surface area (Å²) in [4.78, 5) is 12.1. The van der Waals surface area contributed by atoms with E-state index in [4.69, 9.17) is 4.74 Å². The smallest absolute Gasteiger partial charge is 0.408 e. The second-order valence-electron chi connectivity index (χ2n) is 7.43. The predicted octanol–water partition coefficient (Wildman–Crippen LogP) is 4.38. The van der Waals surface area contributed by atoms with Gasteiger partial charge in [-0.25, -0.2) is 4.79 Å². The number of hydrogen-bond donors (Lipinski definition) is 1. The van der Waals surface area contributed by atoms with Crippen molar-refractivity contribution in [2.75, 3.05) is 0 Å². The van der Waals surface area contributed by atoms with Gasteiger partial charge in [0.15, 0.2) is 0 Å². The van der Waals surface area contributed by atoms with Gasteiger partial charge >= 0.3 is 6.09 Å². The van der Waals surface area contributed by atoms with Gasteiger partial charge in [0.2, 0.25) is 0 Å². The van der Waals surface area contributed by atoms with Gasteiger partial charge < -0.3 is 10.1 Å². The Morgan fingerprint density at radius 2 is 2.09 bits per heavy atom. The highest BCUT2D eigenvalue weighted by Crippen LogP contribution is 2.41. The first-order chi connectivity index (χ1) is 10.3. The first-order valence-electron chi connectivity index (χ1n) is 8.15. The van der Waals surface area contributed by atoms with Crippen LogP contribution in [-0.4, -0.2) is 17.7 Å². The number of fused-ring (bicyclic) bond motifs is 2. The highest BCUT2D eigenvalue weighted by Gasteiger charge is 2.31. The van der Waals surface area contributed by atoms with Crippen LogP contribution in [0.5, 0.6) is 0 Å². The standard InChI is InChI=1S/C19H25NO2/c1-12-8-9-14-13(10-12)11-16-15(14)6-5-7-17(16)20-18(21)22-19(2,3)4/h8-10,17H,5-7,11H2,1-4H3,(H,20,21).